The van der Waals surface area contributed by atoms with Gasteiger partial charge in [-0.15, -0.1) is 0 Å². The molecule has 2 aromatic heterocycles. The lowest BCUT2D eigenvalue weighted by Gasteiger charge is -2.37. The third-order valence-electron chi connectivity index (χ3n) is 6.84. The number of rotatable bonds is 9. The third kappa shape index (κ3) is 5.56. The summed E-state index contributed by atoms with van der Waals surface area (Å²) in [5.74, 6) is -1.81. The summed E-state index contributed by atoms with van der Waals surface area (Å²) >= 11 is 0. The Morgan fingerprint density at radius 2 is 1.89 bits per heavy atom. The van der Waals surface area contributed by atoms with Gasteiger partial charge in [-0.1, -0.05) is 19.6 Å². The van der Waals surface area contributed by atoms with Gasteiger partial charge in [0.2, 0.25) is 5.88 Å². The maximum Gasteiger partial charge on any atom is 0.306 e. The number of carbonyl (C=O) groups is 2. The van der Waals surface area contributed by atoms with Crippen LogP contribution in [0.25, 0.3) is 11.3 Å². The minimum atomic E-state index is -1.29. The smallest absolute Gasteiger partial charge is 0.306 e. The first-order valence-electron chi connectivity index (χ1n) is 12.0. The predicted octanol–water partition coefficient (Wildman–Crippen LogP) is 3.87. The maximum atomic E-state index is 14.8. The average molecular weight is 505 g/mol. The molecule has 2 bridgehead atoms. The molecule has 35 heavy (non-hydrogen) atoms. The highest BCUT2D eigenvalue weighted by Gasteiger charge is 2.46. The summed E-state index contributed by atoms with van der Waals surface area (Å²) in [7, 11) is 0.157. The Morgan fingerprint density at radius 1 is 1.20 bits per heavy atom. The number of methoxy groups -OCH3 is 1. The molecule has 3 atom stereocenters. The normalized spacial score (nSPS) is 21.9. The summed E-state index contributed by atoms with van der Waals surface area (Å²) < 4.78 is 27.3. The first-order chi connectivity index (χ1) is 16.6. The molecule has 2 aromatic rings. The second kappa shape index (κ2) is 10.1. The maximum absolute atomic E-state index is 14.8. The first kappa shape index (κ1) is 25.3. The quantitative estimate of drug-likeness (QED) is 0.408. The lowest BCUT2D eigenvalue weighted by atomic mass is 9.90. The summed E-state index contributed by atoms with van der Waals surface area (Å²) in [6.07, 6.45) is 3.53. The third-order valence-corrected chi connectivity index (χ3v) is 8.55. The number of piperidine rings is 1. The standard InChI is InChI=1S/C24H33FN4O5Si/c1-33-22-11-18(19(25)13-26-22)21-12-20(27-28(21)14-34-7-8-35(2,3)4)23(30)29-16-5-6-17(29)10-15(9-16)24(31)32/h11-13,15-17H,5-10,14H2,1-4H3,(H,31,32)/t15?,16-,17+. The summed E-state index contributed by atoms with van der Waals surface area (Å²) in [5, 5.41) is 14.0. The van der Waals surface area contributed by atoms with E-state index in [4.69, 9.17) is 9.47 Å². The van der Waals surface area contributed by atoms with Crippen LogP contribution in [-0.2, 0) is 16.3 Å². The van der Waals surface area contributed by atoms with E-state index in [0.29, 0.717) is 25.1 Å². The second-order valence-electron chi connectivity index (χ2n) is 10.6. The number of hydrogen-bond donors (Lipinski definition) is 1. The Bertz CT molecular complexity index is 1090. The Hall–Kier alpha value is -2.79. The van der Waals surface area contributed by atoms with Crippen LogP contribution in [0.2, 0.25) is 25.7 Å². The van der Waals surface area contributed by atoms with Crippen LogP contribution in [0.5, 0.6) is 5.88 Å². The Labute approximate surface area is 205 Å². The Kier molecular flexibility index (Phi) is 7.27. The number of carbonyl (C=O) groups excluding carboxylic acids is 1. The molecule has 0 saturated carbocycles. The van der Waals surface area contributed by atoms with E-state index < -0.39 is 25.8 Å². The summed E-state index contributed by atoms with van der Waals surface area (Å²) in [6, 6.07) is 3.77. The molecule has 1 amide bonds. The zero-order chi connectivity index (χ0) is 25.3. The van der Waals surface area contributed by atoms with E-state index in [2.05, 4.69) is 29.7 Å². The minimum absolute atomic E-state index is 0.0745. The molecule has 4 rings (SSSR count). The number of aliphatic carboxylic acids is 1. The highest BCUT2D eigenvalue weighted by molar-refractivity contribution is 6.76. The molecule has 4 heterocycles. The molecule has 0 aromatic carbocycles. The molecule has 0 radical (unpaired) electrons. The summed E-state index contributed by atoms with van der Waals surface area (Å²) in [6.45, 7) is 7.39. The van der Waals surface area contributed by atoms with Crippen molar-refractivity contribution in [2.75, 3.05) is 13.7 Å². The first-order valence-corrected chi connectivity index (χ1v) is 15.7. The lowest BCUT2D eigenvalue weighted by molar-refractivity contribution is -0.144. The van der Waals surface area contributed by atoms with Gasteiger partial charge in [-0.2, -0.15) is 5.10 Å². The monoisotopic (exact) mass is 504 g/mol. The van der Waals surface area contributed by atoms with Crippen LogP contribution < -0.4 is 4.74 Å². The number of nitrogens with zero attached hydrogens (tertiary/aromatic N) is 4. The molecule has 1 N–H and O–H groups in total. The van der Waals surface area contributed by atoms with Crippen LogP contribution in [-0.4, -0.2) is 70.5 Å². The van der Waals surface area contributed by atoms with Gasteiger partial charge in [0.15, 0.2) is 11.5 Å². The van der Waals surface area contributed by atoms with Gasteiger partial charge in [0, 0.05) is 38.4 Å². The number of fused-ring (bicyclic) bond motifs is 2. The van der Waals surface area contributed by atoms with Crippen molar-refractivity contribution in [2.24, 2.45) is 5.92 Å². The van der Waals surface area contributed by atoms with Crippen molar-refractivity contribution in [1.82, 2.24) is 19.7 Å². The predicted molar refractivity (Wildman–Crippen MR) is 129 cm³/mol. The SMILES string of the molecule is COc1cc(-c2cc(C(=O)N3[C@@H]4CC[C@H]3CC(C(=O)O)C4)nn2COCC[Si](C)(C)C)c(F)cn1. The number of halogens is 1. The number of hydrogen-bond acceptors (Lipinski definition) is 6. The van der Waals surface area contributed by atoms with Crippen LogP contribution in [0.4, 0.5) is 4.39 Å². The summed E-state index contributed by atoms with van der Waals surface area (Å²) in [5.41, 5.74) is 0.798. The van der Waals surface area contributed by atoms with Crippen LogP contribution >= 0.6 is 0 Å². The largest absolute Gasteiger partial charge is 0.481 e. The zero-order valence-corrected chi connectivity index (χ0v) is 21.7. The minimum Gasteiger partial charge on any atom is -0.481 e. The van der Waals surface area contributed by atoms with Gasteiger partial charge in [-0.25, -0.2) is 14.1 Å². The van der Waals surface area contributed by atoms with Crippen LogP contribution in [0.3, 0.4) is 0 Å². The Balaban J connectivity index is 1.62. The number of carboxylic acid groups (broad SMARTS) is 1. The van der Waals surface area contributed by atoms with Crippen molar-refractivity contribution in [3.8, 4) is 17.1 Å². The zero-order valence-electron chi connectivity index (χ0n) is 20.7. The van der Waals surface area contributed by atoms with E-state index >= 15 is 0 Å². The number of aromatic nitrogens is 3. The van der Waals surface area contributed by atoms with E-state index in [0.717, 1.165) is 25.1 Å². The van der Waals surface area contributed by atoms with Gasteiger partial charge >= 0.3 is 5.97 Å². The number of carboxylic acids is 1. The van der Waals surface area contributed by atoms with E-state index in [-0.39, 0.29) is 41.9 Å². The molecular weight excluding hydrogens is 471 g/mol. The van der Waals surface area contributed by atoms with E-state index in [1.165, 1.54) is 17.9 Å². The summed E-state index contributed by atoms with van der Waals surface area (Å²) in [4.78, 5) is 30.7. The molecule has 2 fully saturated rings. The van der Waals surface area contributed by atoms with E-state index in [9.17, 15) is 19.1 Å². The van der Waals surface area contributed by atoms with Crippen LogP contribution in [0.15, 0.2) is 18.3 Å². The molecule has 9 nitrogen and oxygen atoms in total. The topological polar surface area (TPSA) is 107 Å². The Morgan fingerprint density at radius 3 is 2.49 bits per heavy atom. The molecule has 11 heteroatoms. The van der Waals surface area contributed by atoms with E-state index in [1.807, 2.05) is 0 Å². The fourth-order valence-corrected chi connectivity index (χ4v) is 5.69. The van der Waals surface area contributed by atoms with Crippen molar-refractivity contribution >= 4 is 20.0 Å². The molecule has 1 unspecified atom stereocenters. The van der Waals surface area contributed by atoms with Gasteiger partial charge in [0.25, 0.3) is 5.91 Å². The van der Waals surface area contributed by atoms with Crippen molar-refractivity contribution in [2.45, 2.75) is 70.2 Å². The highest BCUT2D eigenvalue weighted by Crippen LogP contribution is 2.40. The van der Waals surface area contributed by atoms with Crippen molar-refractivity contribution < 1.29 is 28.6 Å². The fraction of sp³-hybridized carbons (Fsp3) is 0.583. The molecule has 2 aliphatic heterocycles. The number of pyridine rings is 1. The van der Waals surface area contributed by atoms with Gasteiger partial charge in [-0.3, -0.25) is 9.59 Å². The van der Waals surface area contributed by atoms with E-state index in [1.54, 1.807) is 11.0 Å². The molecule has 0 spiro atoms. The lowest BCUT2D eigenvalue weighted by Crippen LogP contribution is -2.48. The molecule has 2 aliphatic rings. The number of amides is 1. The highest BCUT2D eigenvalue weighted by atomic mass is 28.3. The number of ether oxygens (including phenoxy) is 2. The second-order valence-corrected chi connectivity index (χ2v) is 16.2. The molecule has 2 saturated heterocycles. The van der Waals surface area contributed by atoms with Crippen LogP contribution in [0.1, 0.15) is 36.2 Å². The van der Waals surface area contributed by atoms with Gasteiger partial charge in [0.1, 0.15) is 6.73 Å². The van der Waals surface area contributed by atoms with Crippen molar-refractivity contribution in [1.29, 1.82) is 0 Å². The average Bonchev–Trinajstić information content (AvgIpc) is 3.33. The van der Waals surface area contributed by atoms with Crippen molar-refractivity contribution in [3.05, 3.63) is 29.8 Å². The molecular formula is C24H33FN4O5Si. The van der Waals surface area contributed by atoms with Crippen molar-refractivity contribution in [3.63, 3.8) is 0 Å². The van der Waals surface area contributed by atoms with Gasteiger partial charge < -0.3 is 19.5 Å². The van der Waals surface area contributed by atoms with Gasteiger partial charge in [-0.05, 0) is 37.8 Å². The van der Waals surface area contributed by atoms with Crippen LogP contribution in [0, 0.1) is 11.7 Å². The van der Waals surface area contributed by atoms with Gasteiger partial charge in [0.05, 0.1) is 24.9 Å². The molecule has 0 aliphatic carbocycles. The molecule has 190 valence electrons. The fourth-order valence-electron chi connectivity index (χ4n) is 4.94.